The first-order valence-corrected chi connectivity index (χ1v) is 6.96. The Morgan fingerprint density at radius 2 is 2.33 bits per heavy atom. The van der Waals surface area contributed by atoms with Crippen LogP contribution in [0.1, 0.15) is 49.0 Å². The van der Waals surface area contributed by atoms with E-state index in [1.807, 2.05) is 11.3 Å². The molecule has 2 atom stereocenters. The maximum absolute atomic E-state index is 3.65. The van der Waals surface area contributed by atoms with E-state index in [0.717, 1.165) is 12.0 Å². The molecule has 0 saturated heterocycles. The van der Waals surface area contributed by atoms with Gasteiger partial charge in [-0.15, -0.1) is 11.3 Å². The summed E-state index contributed by atoms with van der Waals surface area (Å²) in [5, 5.41) is 5.88. The van der Waals surface area contributed by atoms with Crippen LogP contribution >= 0.6 is 11.3 Å². The fourth-order valence-corrected chi connectivity index (χ4v) is 3.41. The van der Waals surface area contributed by atoms with Crippen molar-refractivity contribution in [3.63, 3.8) is 0 Å². The van der Waals surface area contributed by atoms with Crippen LogP contribution in [0.15, 0.2) is 11.4 Å². The molecule has 0 amide bonds. The highest BCUT2D eigenvalue weighted by Crippen LogP contribution is 2.37. The second kappa shape index (κ2) is 5.13. The van der Waals surface area contributed by atoms with Crippen LogP contribution < -0.4 is 5.32 Å². The van der Waals surface area contributed by atoms with Gasteiger partial charge in [-0.2, -0.15) is 0 Å². The van der Waals surface area contributed by atoms with E-state index in [-0.39, 0.29) is 0 Å². The quantitative estimate of drug-likeness (QED) is 0.821. The monoisotopic (exact) mass is 223 g/mol. The highest BCUT2D eigenvalue weighted by Gasteiger charge is 2.26. The molecule has 1 saturated carbocycles. The molecule has 0 spiro atoms. The molecule has 1 aliphatic carbocycles. The zero-order valence-electron chi connectivity index (χ0n) is 9.75. The van der Waals surface area contributed by atoms with Gasteiger partial charge in [-0.05, 0) is 62.1 Å². The fourth-order valence-electron chi connectivity index (χ4n) is 2.62. The number of nitrogens with one attached hydrogen (secondary N) is 1. The molecule has 0 radical (unpaired) electrons. The van der Waals surface area contributed by atoms with Crippen molar-refractivity contribution >= 4 is 11.3 Å². The molecule has 2 rings (SSSR count). The van der Waals surface area contributed by atoms with E-state index in [2.05, 4.69) is 30.6 Å². The minimum atomic E-state index is 0.772. The molecule has 0 aromatic carbocycles. The maximum atomic E-state index is 3.65. The second-order valence-corrected chi connectivity index (χ2v) is 5.71. The van der Waals surface area contributed by atoms with Crippen LogP contribution in [0.5, 0.6) is 0 Å². The first kappa shape index (κ1) is 11.2. The Balaban J connectivity index is 1.90. The molecule has 0 aliphatic heterocycles. The van der Waals surface area contributed by atoms with E-state index in [9.17, 15) is 0 Å². The lowest BCUT2D eigenvalue weighted by atomic mass is 9.98. The van der Waals surface area contributed by atoms with E-state index in [1.165, 1.54) is 37.1 Å². The van der Waals surface area contributed by atoms with Crippen molar-refractivity contribution in [3.05, 3.63) is 21.9 Å². The molecule has 1 aromatic heterocycles. The molecular weight excluding hydrogens is 202 g/mol. The summed E-state index contributed by atoms with van der Waals surface area (Å²) in [7, 11) is 0. The van der Waals surface area contributed by atoms with Gasteiger partial charge in [-0.3, -0.25) is 0 Å². The van der Waals surface area contributed by atoms with Crippen molar-refractivity contribution in [3.8, 4) is 0 Å². The van der Waals surface area contributed by atoms with Gasteiger partial charge in [0.25, 0.3) is 0 Å². The van der Waals surface area contributed by atoms with Gasteiger partial charge in [0.1, 0.15) is 0 Å². The smallest absolute Gasteiger partial charge is 0.00731 e. The average molecular weight is 223 g/mol. The number of aryl methyl sites for hydroxylation is 1. The highest BCUT2D eigenvalue weighted by atomic mass is 32.1. The normalized spacial score (nSPS) is 26.0. The number of hydrogen-bond acceptors (Lipinski definition) is 2. The Hall–Kier alpha value is -0.340. The summed E-state index contributed by atoms with van der Waals surface area (Å²) in [5.74, 6) is 0.825. The summed E-state index contributed by atoms with van der Waals surface area (Å²) in [6, 6.07) is 3.10. The highest BCUT2D eigenvalue weighted by molar-refractivity contribution is 7.10. The summed E-state index contributed by atoms with van der Waals surface area (Å²) < 4.78 is 0. The van der Waals surface area contributed by atoms with Gasteiger partial charge in [0.2, 0.25) is 0 Å². The molecule has 1 aliphatic rings. The van der Waals surface area contributed by atoms with Gasteiger partial charge in [0.15, 0.2) is 0 Å². The maximum Gasteiger partial charge on any atom is 0.00731 e. The summed E-state index contributed by atoms with van der Waals surface area (Å²) in [5.41, 5.74) is 1.61. The largest absolute Gasteiger partial charge is 0.314 e. The standard InChI is InChI=1S/C13H21NS/c1-3-7-14-12-5-4-11(9-12)13-6-8-15-10(13)2/h6,8,11-12,14H,3-5,7,9H2,1-2H3. The van der Waals surface area contributed by atoms with E-state index in [0.29, 0.717) is 0 Å². The summed E-state index contributed by atoms with van der Waals surface area (Å²) in [6.07, 6.45) is 5.33. The van der Waals surface area contributed by atoms with E-state index >= 15 is 0 Å². The molecule has 2 heteroatoms. The predicted octanol–water partition coefficient (Wildman–Crippen LogP) is 3.69. The third-order valence-electron chi connectivity index (χ3n) is 3.45. The van der Waals surface area contributed by atoms with Crippen LogP contribution in [0.3, 0.4) is 0 Å². The Morgan fingerprint density at radius 1 is 1.47 bits per heavy atom. The molecule has 1 heterocycles. The molecular formula is C13H21NS. The zero-order chi connectivity index (χ0) is 10.7. The molecule has 1 nitrogen and oxygen atoms in total. The van der Waals surface area contributed by atoms with Gasteiger partial charge in [-0.25, -0.2) is 0 Å². The Labute approximate surface area is 96.9 Å². The van der Waals surface area contributed by atoms with E-state index in [4.69, 9.17) is 0 Å². The number of thiophene rings is 1. The van der Waals surface area contributed by atoms with Gasteiger partial charge in [0, 0.05) is 10.9 Å². The SMILES string of the molecule is CCCNC1CCC(c2ccsc2C)C1. The van der Waals surface area contributed by atoms with Crippen molar-refractivity contribution in [2.24, 2.45) is 0 Å². The first-order valence-electron chi connectivity index (χ1n) is 6.08. The number of hydrogen-bond donors (Lipinski definition) is 1. The topological polar surface area (TPSA) is 12.0 Å². The van der Waals surface area contributed by atoms with Crippen molar-refractivity contribution in [1.29, 1.82) is 0 Å². The summed E-state index contributed by atoms with van der Waals surface area (Å²) >= 11 is 1.89. The van der Waals surface area contributed by atoms with Crippen LogP contribution in [-0.2, 0) is 0 Å². The molecule has 0 bridgehead atoms. The first-order chi connectivity index (χ1) is 7.31. The van der Waals surface area contributed by atoms with Crippen molar-refractivity contribution in [1.82, 2.24) is 5.32 Å². The van der Waals surface area contributed by atoms with Crippen LogP contribution in [0.2, 0.25) is 0 Å². The van der Waals surface area contributed by atoms with Crippen LogP contribution in [0.4, 0.5) is 0 Å². The van der Waals surface area contributed by atoms with Crippen LogP contribution in [0, 0.1) is 6.92 Å². The summed E-state index contributed by atoms with van der Waals surface area (Å²) in [4.78, 5) is 1.52. The number of rotatable bonds is 4. The van der Waals surface area contributed by atoms with Gasteiger partial charge in [0.05, 0.1) is 0 Å². The lowest BCUT2D eigenvalue weighted by molar-refractivity contribution is 0.517. The van der Waals surface area contributed by atoms with E-state index in [1.54, 1.807) is 5.56 Å². The van der Waals surface area contributed by atoms with Crippen molar-refractivity contribution < 1.29 is 0 Å². The molecule has 1 N–H and O–H groups in total. The third kappa shape index (κ3) is 2.61. The Kier molecular flexibility index (Phi) is 3.81. The lowest BCUT2D eigenvalue weighted by Crippen LogP contribution is -2.26. The van der Waals surface area contributed by atoms with Crippen molar-refractivity contribution in [2.75, 3.05) is 6.54 Å². The average Bonchev–Trinajstić information content (AvgIpc) is 2.83. The van der Waals surface area contributed by atoms with Gasteiger partial charge < -0.3 is 5.32 Å². The molecule has 84 valence electrons. The van der Waals surface area contributed by atoms with Gasteiger partial charge in [-0.1, -0.05) is 6.92 Å². The Bertz CT molecular complexity index is 305. The lowest BCUT2D eigenvalue weighted by Gasteiger charge is -2.12. The van der Waals surface area contributed by atoms with Crippen molar-refractivity contribution in [2.45, 2.75) is 51.5 Å². The minimum Gasteiger partial charge on any atom is -0.314 e. The third-order valence-corrected chi connectivity index (χ3v) is 4.32. The van der Waals surface area contributed by atoms with E-state index < -0.39 is 0 Å². The molecule has 1 aromatic rings. The molecule has 2 unspecified atom stereocenters. The summed E-state index contributed by atoms with van der Waals surface area (Å²) in [6.45, 7) is 5.68. The Morgan fingerprint density at radius 3 is 3.00 bits per heavy atom. The second-order valence-electron chi connectivity index (χ2n) is 4.59. The van der Waals surface area contributed by atoms with Crippen LogP contribution in [0.25, 0.3) is 0 Å². The van der Waals surface area contributed by atoms with Crippen LogP contribution in [-0.4, -0.2) is 12.6 Å². The van der Waals surface area contributed by atoms with Gasteiger partial charge >= 0.3 is 0 Å². The molecule has 15 heavy (non-hydrogen) atoms. The predicted molar refractivity (Wildman–Crippen MR) is 67.7 cm³/mol. The fraction of sp³-hybridized carbons (Fsp3) is 0.692. The minimum absolute atomic E-state index is 0.772. The zero-order valence-corrected chi connectivity index (χ0v) is 10.6. The molecule has 1 fully saturated rings.